The molecule has 2 atom stereocenters. The molecule has 218 valence electrons. The van der Waals surface area contributed by atoms with E-state index in [1.165, 1.54) is 66.7 Å². The molecular formula is C30H21Cl2N3O8. The van der Waals surface area contributed by atoms with Crippen LogP contribution in [0, 0.1) is 22.0 Å². The number of non-ortho nitro benzene ring substituents is 1. The maximum Gasteiger partial charge on any atom is 0.343 e. The molecule has 0 bridgehead atoms. The average molecular weight is 622 g/mol. The number of fused-ring (bicyclic) bond motifs is 1. The third kappa shape index (κ3) is 6.04. The van der Waals surface area contributed by atoms with Crippen molar-refractivity contribution in [2.24, 2.45) is 11.8 Å². The molecule has 0 saturated carbocycles. The van der Waals surface area contributed by atoms with Crippen LogP contribution >= 0.6 is 23.2 Å². The normalized spacial score (nSPS) is 17.4. The lowest BCUT2D eigenvalue weighted by Crippen LogP contribution is -2.52. The second-order valence-electron chi connectivity index (χ2n) is 9.77. The highest BCUT2D eigenvalue weighted by Crippen LogP contribution is 2.37. The fourth-order valence-corrected chi connectivity index (χ4v) is 5.37. The van der Waals surface area contributed by atoms with Crippen molar-refractivity contribution in [1.82, 2.24) is 10.0 Å². The van der Waals surface area contributed by atoms with Crippen LogP contribution in [-0.4, -0.2) is 51.0 Å². The first-order valence-electron chi connectivity index (χ1n) is 12.9. The number of rotatable bonds is 8. The highest BCUT2D eigenvalue weighted by molar-refractivity contribution is 6.36. The predicted octanol–water partition coefficient (Wildman–Crippen LogP) is 5.31. The van der Waals surface area contributed by atoms with Crippen LogP contribution in [0.15, 0.2) is 78.9 Å². The molecule has 0 spiro atoms. The van der Waals surface area contributed by atoms with Gasteiger partial charge in [-0.2, -0.15) is 5.01 Å². The first-order valence-corrected chi connectivity index (χ1v) is 13.7. The maximum atomic E-state index is 13.7. The van der Waals surface area contributed by atoms with Gasteiger partial charge in [-0.05, 0) is 67.4 Å². The van der Waals surface area contributed by atoms with Gasteiger partial charge in [-0.15, -0.1) is 0 Å². The van der Waals surface area contributed by atoms with Gasteiger partial charge in [0.15, 0.2) is 5.78 Å². The largest absolute Gasteiger partial charge is 0.423 e. The number of amides is 3. The number of nitro groups is 1. The van der Waals surface area contributed by atoms with E-state index in [1.807, 2.05) is 0 Å². The van der Waals surface area contributed by atoms with Crippen LogP contribution in [0.5, 0.6) is 5.75 Å². The molecule has 5 rings (SSSR count). The Morgan fingerprint density at radius 2 is 1.47 bits per heavy atom. The number of nitrogens with zero attached hydrogens (tertiary/aromatic N) is 3. The number of allylic oxidation sites excluding steroid dienone is 2. The Bertz CT molecular complexity index is 1660. The van der Waals surface area contributed by atoms with Crippen molar-refractivity contribution in [1.29, 1.82) is 0 Å². The zero-order chi connectivity index (χ0) is 30.8. The number of ketones is 1. The summed E-state index contributed by atoms with van der Waals surface area (Å²) in [5.74, 6) is -4.59. The van der Waals surface area contributed by atoms with E-state index >= 15 is 0 Å². The van der Waals surface area contributed by atoms with Gasteiger partial charge in [0.1, 0.15) is 12.3 Å². The van der Waals surface area contributed by atoms with Gasteiger partial charge in [-0.3, -0.25) is 29.3 Å². The average Bonchev–Trinajstić information content (AvgIpc) is 3.25. The number of imide groups is 1. The molecule has 1 saturated heterocycles. The molecule has 3 amide bonds. The van der Waals surface area contributed by atoms with Crippen molar-refractivity contribution >= 4 is 58.4 Å². The van der Waals surface area contributed by atoms with E-state index in [9.17, 15) is 34.1 Å². The van der Waals surface area contributed by atoms with E-state index in [1.54, 1.807) is 12.2 Å². The van der Waals surface area contributed by atoms with E-state index in [4.69, 9.17) is 27.9 Å². The molecule has 0 unspecified atom stereocenters. The molecule has 3 aromatic carbocycles. The number of halogens is 2. The predicted molar refractivity (Wildman–Crippen MR) is 154 cm³/mol. The summed E-state index contributed by atoms with van der Waals surface area (Å²) in [5.41, 5.74) is -0.0520. The zero-order valence-electron chi connectivity index (χ0n) is 22.1. The van der Waals surface area contributed by atoms with Crippen LogP contribution in [0.1, 0.15) is 43.9 Å². The van der Waals surface area contributed by atoms with Crippen molar-refractivity contribution in [3.05, 3.63) is 116 Å². The van der Waals surface area contributed by atoms with E-state index in [2.05, 4.69) is 0 Å². The minimum atomic E-state index is -0.836. The topological polar surface area (TPSA) is 144 Å². The first-order chi connectivity index (χ1) is 20.5. The summed E-state index contributed by atoms with van der Waals surface area (Å²) in [5, 5.41) is 12.6. The number of Topliss-reactive ketones (excluding diaryl/α,β-unsaturated/α-hetero) is 1. The summed E-state index contributed by atoms with van der Waals surface area (Å²) in [6.07, 6.45) is 4.28. The fraction of sp³-hybridized carbons (Fsp3) is 0.167. The molecule has 0 aromatic heterocycles. The lowest BCUT2D eigenvalue weighted by atomic mass is 9.85. The molecule has 2 aliphatic rings. The third-order valence-corrected chi connectivity index (χ3v) is 7.66. The number of esters is 1. The van der Waals surface area contributed by atoms with Crippen molar-refractivity contribution in [2.45, 2.75) is 12.8 Å². The van der Waals surface area contributed by atoms with E-state index in [0.717, 1.165) is 10.0 Å². The number of carbonyl (C=O) groups is 5. The molecule has 11 nitrogen and oxygen atoms in total. The molecule has 1 aliphatic carbocycles. The summed E-state index contributed by atoms with van der Waals surface area (Å²) in [6, 6.07) is 14.4. The highest BCUT2D eigenvalue weighted by Gasteiger charge is 2.51. The molecule has 1 heterocycles. The SMILES string of the molecule is O=C(CN(C(=O)c1ccc(Cl)cc1Cl)N1C(=O)[C@@H]2CC=CC[C@H]2C1=O)c1ccc(OC(=O)c2ccc([N+](=O)[O-])cc2)cc1. The lowest BCUT2D eigenvalue weighted by Gasteiger charge is -2.30. The Balaban J connectivity index is 1.36. The molecule has 13 heteroatoms. The van der Waals surface area contributed by atoms with Crippen LogP contribution in [0.25, 0.3) is 0 Å². The summed E-state index contributed by atoms with van der Waals surface area (Å²) >= 11 is 12.2. The monoisotopic (exact) mass is 621 g/mol. The minimum Gasteiger partial charge on any atom is -0.423 e. The number of hydrogen-bond acceptors (Lipinski definition) is 8. The van der Waals surface area contributed by atoms with Crippen molar-refractivity contribution in [3.8, 4) is 5.75 Å². The molecule has 1 fully saturated rings. The lowest BCUT2D eigenvalue weighted by molar-refractivity contribution is -0.384. The second-order valence-corrected chi connectivity index (χ2v) is 10.6. The molecule has 1 aliphatic heterocycles. The number of hydrogen-bond donors (Lipinski definition) is 0. The number of ether oxygens (including phenoxy) is 1. The van der Waals surface area contributed by atoms with Crippen LogP contribution in [0.4, 0.5) is 5.69 Å². The minimum absolute atomic E-state index is 0.0210. The van der Waals surface area contributed by atoms with Crippen molar-refractivity contribution < 1.29 is 33.6 Å². The van der Waals surface area contributed by atoms with Crippen LogP contribution < -0.4 is 4.74 Å². The number of carbonyl (C=O) groups excluding carboxylic acids is 5. The molecule has 3 aromatic rings. The first kappa shape index (κ1) is 29.6. The fourth-order valence-electron chi connectivity index (χ4n) is 4.88. The Morgan fingerprint density at radius 3 is 2.02 bits per heavy atom. The molecular weight excluding hydrogens is 601 g/mol. The van der Waals surface area contributed by atoms with Crippen LogP contribution in [-0.2, 0) is 9.59 Å². The number of nitro benzene ring substituents is 1. The smallest absolute Gasteiger partial charge is 0.343 e. The van der Waals surface area contributed by atoms with Gasteiger partial charge in [0.2, 0.25) is 0 Å². The Morgan fingerprint density at radius 1 is 0.884 bits per heavy atom. The summed E-state index contributed by atoms with van der Waals surface area (Å²) < 4.78 is 5.29. The van der Waals surface area contributed by atoms with E-state index in [-0.39, 0.29) is 38.2 Å². The van der Waals surface area contributed by atoms with Gasteiger partial charge in [0.05, 0.1) is 32.9 Å². The van der Waals surface area contributed by atoms with Crippen molar-refractivity contribution in [2.75, 3.05) is 6.54 Å². The highest BCUT2D eigenvalue weighted by atomic mass is 35.5. The van der Waals surface area contributed by atoms with Gasteiger partial charge in [-0.25, -0.2) is 9.80 Å². The maximum absolute atomic E-state index is 13.7. The number of benzene rings is 3. The summed E-state index contributed by atoms with van der Waals surface area (Å²) in [7, 11) is 0. The summed E-state index contributed by atoms with van der Waals surface area (Å²) in [6.45, 7) is -0.663. The second kappa shape index (κ2) is 12.2. The Kier molecular flexibility index (Phi) is 8.38. The molecule has 43 heavy (non-hydrogen) atoms. The Labute approximate surface area is 254 Å². The molecule has 0 radical (unpaired) electrons. The third-order valence-electron chi connectivity index (χ3n) is 7.12. The standard InChI is InChI=1S/C30H21Cl2N3O8/c31-19-9-14-24(25(32)15-19)27(37)33(34-28(38)22-3-1-2-4-23(22)29(34)39)16-26(36)17-7-12-21(13-8-17)43-30(40)18-5-10-20(11-6-18)35(41)42/h1-2,5-15,22-23H,3-4,16H2/t22-,23-/m1/s1. The van der Waals surface area contributed by atoms with E-state index in [0.29, 0.717) is 12.8 Å². The van der Waals surface area contributed by atoms with Gasteiger partial charge < -0.3 is 4.74 Å². The van der Waals surface area contributed by atoms with Gasteiger partial charge in [-0.1, -0.05) is 35.4 Å². The molecule has 0 N–H and O–H groups in total. The Hall–Kier alpha value is -4.87. The van der Waals surface area contributed by atoms with Crippen LogP contribution in [0.2, 0.25) is 10.0 Å². The van der Waals surface area contributed by atoms with E-state index < -0.39 is 52.8 Å². The van der Waals surface area contributed by atoms with Crippen molar-refractivity contribution in [3.63, 3.8) is 0 Å². The zero-order valence-corrected chi connectivity index (χ0v) is 23.7. The van der Waals surface area contributed by atoms with Gasteiger partial charge in [0.25, 0.3) is 23.4 Å². The van der Waals surface area contributed by atoms with Gasteiger partial charge >= 0.3 is 5.97 Å². The van der Waals surface area contributed by atoms with Gasteiger partial charge in [0, 0.05) is 22.7 Å². The van der Waals surface area contributed by atoms with Crippen LogP contribution in [0.3, 0.4) is 0 Å². The quantitative estimate of drug-likeness (QED) is 0.0625. The summed E-state index contributed by atoms with van der Waals surface area (Å²) in [4.78, 5) is 76.4. The number of hydrazine groups is 1.